The Morgan fingerprint density at radius 1 is 1.44 bits per heavy atom. The lowest BCUT2D eigenvalue weighted by molar-refractivity contribution is 0.235. The van der Waals surface area contributed by atoms with Crippen LogP contribution in [0, 0.1) is 5.92 Å². The van der Waals surface area contributed by atoms with E-state index in [4.69, 9.17) is 5.73 Å². The van der Waals surface area contributed by atoms with E-state index in [1.807, 2.05) is 11.7 Å². The second kappa shape index (κ2) is 6.90. The van der Waals surface area contributed by atoms with Crippen LogP contribution < -0.4 is 5.73 Å². The van der Waals surface area contributed by atoms with Crippen LogP contribution in [-0.4, -0.2) is 34.8 Å². The first-order valence-electron chi connectivity index (χ1n) is 6.92. The highest BCUT2D eigenvalue weighted by Crippen LogP contribution is 2.22. The molecule has 0 amide bonds. The van der Waals surface area contributed by atoms with Crippen LogP contribution in [0.5, 0.6) is 0 Å². The van der Waals surface area contributed by atoms with Gasteiger partial charge in [-0.1, -0.05) is 20.8 Å². The molecule has 0 bridgehead atoms. The van der Waals surface area contributed by atoms with Crippen LogP contribution in [0.25, 0.3) is 0 Å². The SMILES string of the molecule is CCc1nn(C)cc1C(CN)N(C)CCC(C)C. The van der Waals surface area contributed by atoms with Crippen molar-refractivity contribution in [2.45, 2.75) is 39.7 Å². The molecule has 104 valence electrons. The summed E-state index contributed by atoms with van der Waals surface area (Å²) in [5.74, 6) is 0.727. The highest BCUT2D eigenvalue weighted by Gasteiger charge is 2.20. The van der Waals surface area contributed by atoms with Crippen LogP contribution in [-0.2, 0) is 13.5 Å². The van der Waals surface area contributed by atoms with E-state index in [2.05, 4.69) is 44.0 Å². The summed E-state index contributed by atoms with van der Waals surface area (Å²) in [6.45, 7) is 8.39. The van der Waals surface area contributed by atoms with Gasteiger partial charge in [0.05, 0.1) is 11.7 Å². The Bertz CT molecular complexity index is 357. The molecule has 0 aliphatic heterocycles. The maximum absolute atomic E-state index is 5.97. The zero-order chi connectivity index (χ0) is 13.7. The van der Waals surface area contributed by atoms with Gasteiger partial charge in [0.2, 0.25) is 0 Å². The van der Waals surface area contributed by atoms with Crippen LogP contribution >= 0.6 is 0 Å². The van der Waals surface area contributed by atoms with Crippen molar-refractivity contribution in [1.29, 1.82) is 0 Å². The van der Waals surface area contributed by atoms with Gasteiger partial charge < -0.3 is 5.73 Å². The number of nitrogens with zero attached hydrogens (tertiary/aromatic N) is 3. The van der Waals surface area contributed by atoms with E-state index in [-0.39, 0.29) is 6.04 Å². The molecule has 0 saturated carbocycles. The maximum atomic E-state index is 5.97. The summed E-state index contributed by atoms with van der Waals surface area (Å²) >= 11 is 0. The molecule has 1 unspecified atom stereocenters. The monoisotopic (exact) mass is 252 g/mol. The van der Waals surface area contributed by atoms with Gasteiger partial charge in [0.15, 0.2) is 0 Å². The molecule has 1 atom stereocenters. The fraction of sp³-hybridized carbons (Fsp3) is 0.786. The minimum Gasteiger partial charge on any atom is -0.329 e. The molecule has 18 heavy (non-hydrogen) atoms. The molecule has 0 saturated heterocycles. The van der Waals surface area contributed by atoms with E-state index >= 15 is 0 Å². The summed E-state index contributed by atoms with van der Waals surface area (Å²) in [5.41, 5.74) is 8.42. The number of rotatable bonds is 7. The van der Waals surface area contributed by atoms with Gasteiger partial charge in [0, 0.05) is 25.4 Å². The van der Waals surface area contributed by atoms with Gasteiger partial charge in [-0.05, 0) is 32.4 Å². The molecule has 4 nitrogen and oxygen atoms in total. The predicted molar refractivity (Wildman–Crippen MR) is 76.5 cm³/mol. The van der Waals surface area contributed by atoms with Gasteiger partial charge in [0.1, 0.15) is 0 Å². The summed E-state index contributed by atoms with van der Waals surface area (Å²) in [7, 11) is 4.14. The summed E-state index contributed by atoms with van der Waals surface area (Å²) in [6.07, 6.45) is 4.28. The fourth-order valence-electron chi connectivity index (χ4n) is 2.27. The second-order valence-electron chi connectivity index (χ2n) is 5.47. The summed E-state index contributed by atoms with van der Waals surface area (Å²) < 4.78 is 1.90. The first-order valence-corrected chi connectivity index (χ1v) is 6.92. The topological polar surface area (TPSA) is 47.1 Å². The second-order valence-corrected chi connectivity index (χ2v) is 5.47. The molecular formula is C14H28N4. The van der Waals surface area contributed by atoms with E-state index in [0.29, 0.717) is 6.54 Å². The molecule has 0 radical (unpaired) electrons. The molecule has 0 aromatic carbocycles. The van der Waals surface area contributed by atoms with Crippen molar-refractivity contribution in [1.82, 2.24) is 14.7 Å². The molecule has 0 fully saturated rings. The van der Waals surface area contributed by atoms with E-state index in [1.165, 1.54) is 17.7 Å². The summed E-state index contributed by atoms with van der Waals surface area (Å²) in [4.78, 5) is 2.36. The van der Waals surface area contributed by atoms with Crippen LogP contribution in [0.15, 0.2) is 6.20 Å². The molecule has 0 spiro atoms. The average Bonchev–Trinajstić information content (AvgIpc) is 2.68. The highest BCUT2D eigenvalue weighted by molar-refractivity contribution is 5.22. The zero-order valence-electron chi connectivity index (χ0n) is 12.5. The predicted octanol–water partition coefficient (Wildman–Crippen LogP) is 1.96. The van der Waals surface area contributed by atoms with E-state index < -0.39 is 0 Å². The maximum Gasteiger partial charge on any atom is 0.0670 e. The van der Waals surface area contributed by atoms with Gasteiger partial charge in [-0.15, -0.1) is 0 Å². The lowest BCUT2D eigenvalue weighted by Gasteiger charge is -2.27. The fourth-order valence-corrected chi connectivity index (χ4v) is 2.27. The van der Waals surface area contributed by atoms with Crippen LogP contribution in [0.2, 0.25) is 0 Å². The number of likely N-dealkylation sites (N-methyl/N-ethyl adjacent to an activating group) is 1. The standard InChI is InChI=1S/C14H28N4/c1-6-13-12(10-18(5)16-13)14(9-15)17(4)8-7-11(2)3/h10-11,14H,6-9,15H2,1-5H3. The smallest absolute Gasteiger partial charge is 0.0670 e. The summed E-state index contributed by atoms with van der Waals surface area (Å²) in [5, 5.41) is 4.51. The minimum atomic E-state index is 0.285. The molecule has 1 aromatic rings. The van der Waals surface area contributed by atoms with Crippen LogP contribution in [0.3, 0.4) is 0 Å². The number of aromatic nitrogens is 2. The Kier molecular flexibility index (Phi) is 5.82. The van der Waals surface area contributed by atoms with E-state index in [9.17, 15) is 0 Å². The first-order chi connectivity index (χ1) is 8.49. The first kappa shape index (κ1) is 15.2. The van der Waals surface area contributed by atoms with Gasteiger partial charge >= 0.3 is 0 Å². The van der Waals surface area contributed by atoms with Gasteiger partial charge in [-0.25, -0.2) is 0 Å². The Morgan fingerprint density at radius 3 is 2.61 bits per heavy atom. The quantitative estimate of drug-likeness (QED) is 0.807. The molecule has 1 rings (SSSR count). The molecule has 0 aliphatic rings. The van der Waals surface area contributed by atoms with E-state index in [0.717, 1.165) is 18.9 Å². The molecule has 1 aromatic heterocycles. The van der Waals surface area contributed by atoms with Crippen molar-refractivity contribution in [2.75, 3.05) is 20.1 Å². The van der Waals surface area contributed by atoms with Crippen LogP contribution in [0.4, 0.5) is 0 Å². The number of nitrogens with two attached hydrogens (primary N) is 1. The third-order valence-electron chi connectivity index (χ3n) is 3.45. The van der Waals surface area contributed by atoms with E-state index in [1.54, 1.807) is 0 Å². The molecule has 0 aliphatic carbocycles. The third kappa shape index (κ3) is 3.82. The van der Waals surface area contributed by atoms with Crippen LogP contribution in [0.1, 0.15) is 44.5 Å². The Balaban J connectivity index is 2.80. The van der Waals surface area contributed by atoms with Crippen molar-refractivity contribution >= 4 is 0 Å². The largest absolute Gasteiger partial charge is 0.329 e. The highest BCUT2D eigenvalue weighted by atomic mass is 15.3. The van der Waals surface area contributed by atoms with Crippen molar-refractivity contribution < 1.29 is 0 Å². The number of hydrogen-bond acceptors (Lipinski definition) is 3. The minimum absolute atomic E-state index is 0.285. The molecule has 4 heteroatoms. The Labute approximate surface area is 111 Å². The summed E-state index contributed by atoms with van der Waals surface area (Å²) in [6, 6.07) is 0.285. The molecule has 2 N–H and O–H groups in total. The molecule has 1 heterocycles. The Morgan fingerprint density at radius 2 is 2.11 bits per heavy atom. The lowest BCUT2D eigenvalue weighted by atomic mass is 10.0. The third-order valence-corrected chi connectivity index (χ3v) is 3.45. The van der Waals surface area contributed by atoms with Gasteiger partial charge in [-0.3, -0.25) is 9.58 Å². The van der Waals surface area contributed by atoms with Crippen molar-refractivity contribution in [2.24, 2.45) is 18.7 Å². The van der Waals surface area contributed by atoms with Crippen molar-refractivity contribution in [3.05, 3.63) is 17.5 Å². The van der Waals surface area contributed by atoms with Gasteiger partial charge in [-0.2, -0.15) is 5.10 Å². The van der Waals surface area contributed by atoms with Crippen molar-refractivity contribution in [3.8, 4) is 0 Å². The average molecular weight is 252 g/mol. The molecular weight excluding hydrogens is 224 g/mol. The van der Waals surface area contributed by atoms with Crippen molar-refractivity contribution in [3.63, 3.8) is 0 Å². The Hall–Kier alpha value is -0.870. The number of hydrogen-bond donors (Lipinski definition) is 1. The normalized spacial score (nSPS) is 13.6. The zero-order valence-corrected chi connectivity index (χ0v) is 12.5. The number of aryl methyl sites for hydroxylation is 2. The van der Waals surface area contributed by atoms with Gasteiger partial charge in [0.25, 0.3) is 0 Å². The lowest BCUT2D eigenvalue weighted by Crippen LogP contribution is -2.32.